The molecule has 2 aliphatic rings. The van der Waals surface area contributed by atoms with Crippen LogP contribution in [0.25, 0.3) is 0 Å². The summed E-state index contributed by atoms with van der Waals surface area (Å²) in [5, 5.41) is 2.82. The van der Waals surface area contributed by atoms with Gasteiger partial charge in [-0.1, -0.05) is 24.3 Å². The molecule has 7 nitrogen and oxygen atoms in total. The third-order valence-electron chi connectivity index (χ3n) is 5.01. The summed E-state index contributed by atoms with van der Waals surface area (Å²) in [4.78, 5) is 26.5. The second-order valence-corrected chi connectivity index (χ2v) is 7.20. The van der Waals surface area contributed by atoms with Gasteiger partial charge in [-0.2, -0.15) is 0 Å². The Hall–Kier alpha value is -3.22. The van der Waals surface area contributed by atoms with Crippen LogP contribution in [-0.2, 0) is 11.2 Å². The monoisotopic (exact) mass is 382 g/mol. The van der Waals surface area contributed by atoms with E-state index < -0.39 is 11.6 Å². The van der Waals surface area contributed by atoms with Gasteiger partial charge in [0.25, 0.3) is 5.91 Å². The highest BCUT2D eigenvalue weighted by molar-refractivity contribution is 6.07. The Morgan fingerprint density at radius 1 is 1.14 bits per heavy atom. The average molecular weight is 382 g/mol. The second kappa shape index (κ2) is 7.07. The number of fused-ring (bicyclic) bond motifs is 1. The van der Waals surface area contributed by atoms with Gasteiger partial charge in [0, 0.05) is 6.42 Å². The van der Waals surface area contributed by atoms with Crippen molar-refractivity contribution in [2.75, 3.05) is 19.9 Å². The number of nitrogens with zero attached hydrogens (tertiary/aromatic N) is 1. The fourth-order valence-electron chi connectivity index (χ4n) is 3.49. The molecule has 3 amide bonds. The average Bonchev–Trinajstić information content (AvgIpc) is 3.20. The number of para-hydroxylation sites is 1. The van der Waals surface area contributed by atoms with E-state index in [1.165, 1.54) is 4.90 Å². The van der Waals surface area contributed by atoms with Crippen LogP contribution in [0.2, 0.25) is 0 Å². The summed E-state index contributed by atoms with van der Waals surface area (Å²) in [6.45, 7) is 4.31. The van der Waals surface area contributed by atoms with E-state index in [1.807, 2.05) is 49.4 Å². The molecular weight excluding hydrogens is 360 g/mol. The van der Waals surface area contributed by atoms with E-state index in [4.69, 9.17) is 14.2 Å². The molecule has 1 N–H and O–H groups in total. The van der Waals surface area contributed by atoms with Gasteiger partial charge in [0.1, 0.15) is 17.9 Å². The van der Waals surface area contributed by atoms with Crippen molar-refractivity contribution in [1.29, 1.82) is 0 Å². The van der Waals surface area contributed by atoms with Crippen molar-refractivity contribution >= 4 is 11.9 Å². The van der Waals surface area contributed by atoms with Crippen LogP contribution in [0.5, 0.6) is 17.2 Å². The van der Waals surface area contributed by atoms with E-state index in [2.05, 4.69) is 5.32 Å². The summed E-state index contributed by atoms with van der Waals surface area (Å²) >= 11 is 0. The van der Waals surface area contributed by atoms with Crippen LogP contribution < -0.4 is 19.5 Å². The Morgan fingerprint density at radius 2 is 1.93 bits per heavy atom. The van der Waals surface area contributed by atoms with E-state index in [9.17, 15) is 9.59 Å². The zero-order chi connectivity index (χ0) is 19.7. The van der Waals surface area contributed by atoms with Crippen molar-refractivity contribution in [1.82, 2.24) is 10.2 Å². The number of hydrogen-bond donors (Lipinski definition) is 1. The summed E-state index contributed by atoms with van der Waals surface area (Å²) in [6.07, 6.45) is 0.364. The molecule has 28 heavy (non-hydrogen) atoms. The number of aryl methyl sites for hydroxylation is 1. The molecule has 1 atom stereocenters. The van der Waals surface area contributed by atoms with Crippen LogP contribution in [0.15, 0.2) is 42.5 Å². The van der Waals surface area contributed by atoms with Gasteiger partial charge >= 0.3 is 6.03 Å². The minimum Gasteiger partial charge on any atom is -0.491 e. The summed E-state index contributed by atoms with van der Waals surface area (Å²) in [7, 11) is 0. The number of hydrogen-bond acceptors (Lipinski definition) is 5. The van der Waals surface area contributed by atoms with Gasteiger partial charge in [0.15, 0.2) is 11.5 Å². The third-order valence-corrected chi connectivity index (χ3v) is 5.01. The molecule has 1 saturated heterocycles. The first-order valence-electron chi connectivity index (χ1n) is 9.17. The number of benzene rings is 2. The number of imide groups is 1. The van der Waals surface area contributed by atoms with E-state index in [1.54, 1.807) is 6.92 Å². The first-order valence-corrected chi connectivity index (χ1v) is 9.17. The van der Waals surface area contributed by atoms with Gasteiger partial charge in [-0.25, -0.2) is 4.79 Å². The maximum Gasteiger partial charge on any atom is 0.325 e. The molecule has 2 aromatic carbocycles. The molecule has 4 rings (SSSR count). The molecule has 2 heterocycles. The summed E-state index contributed by atoms with van der Waals surface area (Å²) in [6, 6.07) is 12.8. The number of nitrogens with one attached hydrogen (secondary N) is 1. The SMILES string of the molecule is Cc1ccccc1OCCN1C(=O)N[C@@](C)(Cc2ccc3c(c2)OCO3)C1=O. The Morgan fingerprint density at radius 3 is 2.75 bits per heavy atom. The Labute approximate surface area is 163 Å². The first kappa shape index (κ1) is 18.2. The summed E-state index contributed by atoms with van der Waals surface area (Å²) in [5.74, 6) is 1.83. The molecule has 0 bridgehead atoms. The molecule has 1 fully saturated rings. The fourth-order valence-corrected chi connectivity index (χ4v) is 3.49. The molecule has 0 saturated carbocycles. The van der Waals surface area contributed by atoms with Crippen LogP contribution in [0.3, 0.4) is 0 Å². The summed E-state index contributed by atoms with van der Waals surface area (Å²) < 4.78 is 16.4. The topological polar surface area (TPSA) is 77.1 Å². The Kier molecular flexibility index (Phi) is 4.58. The number of urea groups is 1. The second-order valence-electron chi connectivity index (χ2n) is 7.20. The Bertz CT molecular complexity index is 929. The largest absolute Gasteiger partial charge is 0.491 e. The smallest absolute Gasteiger partial charge is 0.325 e. The first-order chi connectivity index (χ1) is 13.5. The molecular formula is C21H22N2O5. The highest BCUT2D eigenvalue weighted by Gasteiger charge is 2.47. The van der Waals surface area contributed by atoms with Crippen LogP contribution in [0, 0.1) is 6.92 Å². The van der Waals surface area contributed by atoms with E-state index >= 15 is 0 Å². The lowest BCUT2D eigenvalue weighted by atomic mass is 9.92. The standard InChI is InChI=1S/C21H22N2O5/c1-14-5-3-4-6-16(14)26-10-9-23-19(24)21(2,22-20(23)25)12-15-7-8-17-18(11-15)28-13-27-17/h3-8,11H,9-10,12-13H2,1-2H3,(H,22,25)/t21-/m0/s1. The molecule has 7 heteroatoms. The maximum absolute atomic E-state index is 12.9. The quantitative estimate of drug-likeness (QED) is 0.778. The molecule has 2 aromatic rings. The van der Waals surface area contributed by atoms with Crippen molar-refractivity contribution < 1.29 is 23.8 Å². The van der Waals surface area contributed by atoms with Crippen molar-refractivity contribution in [3.05, 3.63) is 53.6 Å². The minimum atomic E-state index is -1.01. The van der Waals surface area contributed by atoms with Crippen LogP contribution >= 0.6 is 0 Å². The predicted octanol–water partition coefficient (Wildman–Crippen LogP) is 2.66. The highest BCUT2D eigenvalue weighted by atomic mass is 16.7. The molecule has 0 spiro atoms. The van der Waals surface area contributed by atoms with E-state index in [0.717, 1.165) is 16.9 Å². The van der Waals surface area contributed by atoms with Crippen LogP contribution in [-0.4, -0.2) is 42.3 Å². The molecule has 0 aliphatic carbocycles. The van der Waals surface area contributed by atoms with Gasteiger partial charge < -0.3 is 19.5 Å². The van der Waals surface area contributed by atoms with Crippen molar-refractivity contribution in [3.8, 4) is 17.2 Å². The fraction of sp³-hybridized carbons (Fsp3) is 0.333. The number of carbonyl (C=O) groups is 2. The molecule has 0 unspecified atom stereocenters. The molecule has 0 aromatic heterocycles. The minimum absolute atomic E-state index is 0.190. The zero-order valence-corrected chi connectivity index (χ0v) is 15.9. The van der Waals surface area contributed by atoms with E-state index in [0.29, 0.717) is 17.9 Å². The number of amides is 3. The van der Waals surface area contributed by atoms with Gasteiger partial charge in [0.2, 0.25) is 6.79 Å². The van der Waals surface area contributed by atoms with Crippen LogP contribution in [0.1, 0.15) is 18.1 Å². The lowest BCUT2D eigenvalue weighted by Crippen LogP contribution is -2.46. The van der Waals surface area contributed by atoms with Gasteiger partial charge in [-0.15, -0.1) is 0 Å². The molecule has 2 aliphatic heterocycles. The lowest BCUT2D eigenvalue weighted by molar-refractivity contribution is -0.131. The number of rotatable bonds is 6. The van der Waals surface area contributed by atoms with Gasteiger partial charge in [-0.3, -0.25) is 9.69 Å². The zero-order valence-electron chi connectivity index (χ0n) is 15.9. The third kappa shape index (κ3) is 3.35. The molecule has 146 valence electrons. The van der Waals surface area contributed by atoms with E-state index in [-0.39, 0.29) is 25.9 Å². The predicted molar refractivity (Wildman–Crippen MR) is 102 cm³/mol. The Balaban J connectivity index is 1.40. The van der Waals surface area contributed by atoms with Crippen molar-refractivity contribution in [2.45, 2.75) is 25.8 Å². The maximum atomic E-state index is 12.9. The van der Waals surface area contributed by atoms with Gasteiger partial charge in [-0.05, 0) is 43.2 Å². The van der Waals surface area contributed by atoms with Crippen LogP contribution in [0.4, 0.5) is 4.79 Å². The normalized spacial score (nSPS) is 20.4. The number of ether oxygens (including phenoxy) is 3. The van der Waals surface area contributed by atoms with Crippen molar-refractivity contribution in [2.24, 2.45) is 0 Å². The van der Waals surface area contributed by atoms with Gasteiger partial charge in [0.05, 0.1) is 6.54 Å². The molecule has 0 radical (unpaired) electrons. The highest BCUT2D eigenvalue weighted by Crippen LogP contribution is 2.34. The van der Waals surface area contributed by atoms with Crippen molar-refractivity contribution in [3.63, 3.8) is 0 Å². The lowest BCUT2D eigenvalue weighted by Gasteiger charge is -2.22. The summed E-state index contributed by atoms with van der Waals surface area (Å²) in [5.41, 5.74) is 0.888. The number of carbonyl (C=O) groups excluding carboxylic acids is 2.